The van der Waals surface area contributed by atoms with Gasteiger partial charge in [0.15, 0.2) is 6.10 Å². The van der Waals surface area contributed by atoms with Crippen LogP contribution in [0.2, 0.25) is 0 Å². The molecule has 0 aliphatic carbocycles. The van der Waals surface area contributed by atoms with Gasteiger partial charge in [-0.25, -0.2) is 9.78 Å². The first-order chi connectivity index (χ1) is 14.8. The van der Waals surface area contributed by atoms with Gasteiger partial charge in [0.2, 0.25) is 0 Å². The van der Waals surface area contributed by atoms with Crippen molar-refractivity contribution < 1.29 is 19.1 Å². The predicted molar refractivity (Wildman–Crippen MR) is 121 cm³/mol. The molecule has 1 unspecified atom stereocenters. The molecule has 1 aromatic heterocycles. The summed E-state index contributed by atoms with van der Waals surface area (Å²) in [5.74, 6) is 0.146. The van der Waals surface area contributed by atoms with Crippen molar-refractivity contribution in [2.24, 2.45) is 0 Å². The van der Waals surface area contributed by atoms with Crippen LogP contribution in [0.4, 0.5) is 5.69 Å². The van der Waals surface area contributed by atoms with Crippen molar-refractivity contribution in [3.8, 4) is 17.0 Å². The average molecular weight is 437 g/mol. The van der Waals surface area contributed by atoms with Gasteiger partial charge in [-0.15, -0.1) is 11.3 Å². The predicted octanol–water partition coefficient (Wildman–Crippen LogP) is 5.00. The van der Waals surface area contributed by atoms with Gasteiger partial charge >= 0.3 is 5.97 Å². The minimum Gasteiger partial charge on any atom is -0.479 e. The number of hydrogen-bond acceptors (Lipinski definition) is 6. The number of aromatic nitrogens is 1. The number of anilines is 1. The first-order valence-corrected chi connectivity index (χ1v) is 11.0. The summed E-state index contributed by atoms with van der Waals surface area (Å²) in [5, 5.41) is 2.98. The summed E-state index contributed by atoms with van der Waals surface area (Å²) in [6, 6.07) is 13.0. The first-order valence-electron chi connectivity index (χ1n) is 10.2. The summed E-state index contributed by atoms with van der Waals surface area (Å²) < 4.78 is 11.1. The number of hydrogen-bond donors (Lipinski definition) is 0. The molecule has 6 nitrogen and oxygen atoms in total. The van der Waals surface area contributed by atoms with Crippen molar-refractivity contribution in [1.82, 2.24) is 4.98 Å². The minimum atomic E-state index is -0.589. The van der Waals surface area contributed by atoms with Crippen LogP contribution in [0.15, 0.2) is 47.8 Å². The van der Waals surface area contributed by atoms with Gasteiger partial charge in [-0.05, 0) is 63.6 Å². The van der Waals surface area contributed by atoms with E-state index in [2.05, 4.69) is 4.98 Å². The lowest BCUT2D eigenvalue weighted by Gasteiger charge is -2.33. The number of carbonyl (C=O) groups excluding carboxylic acids is 2. The van der Waals surface area contributed by atoms with E-state index in [1.165, 1.54) is 0 Å². The van der Waals surface area contributed by atoms with Crippen LogP contribution in [-0.2, 0) is 16.1 Å². The van der Waals surface area contributed by atoms with Crippen LogP contribution in [-0.4, -0.2) is 29.1 Å². The summed E-state index contributed by atoms with van der Waals surface area (Å²) in [4.78, 5) is 31.6. The average Bonchev–Trinajstić information content (AvgIpc) is 3.17. The third-order valence-electron chi connectivity index (χ3n) is 4.93. The Morgan fingerprint density at radius 1 is 1.26 bits per heavy atom. The van der Waals surface area contributed by atoms with Gasteiger partial charge in [-0.1, -0.05) is 12.1 Å². The van der Waals surface area contributed by atoms with Crippen LogP contribution in [0.25, 0.3) is 11.3 Å². The molecule has 0 spiro atoms. The van der Waals surface area contributed by atoms with Gasteiger partial charge in [-0.3, -0.25) is 4.79 Å². The Balaban J connectivity index is 1.67. The Morgan fingerprint density at radius 2 is 2.06 bits per heavy atom. The fraction of sp³-hybridized carbons (Fsp3) is 0.292. The van der Waals surface area contributed by atoms with Gasteiger partial charge in [0.05, 0.1) is 34.6 Å². The number of ether oxygens (including phenoxy) is 2. The highest BCUT2D eigenvalue weighted by Crippen LogP contribution is 2.38. The number of rotatable bonds is 5. The summed E-state index contributed by atoms with van der Waals surface area (Å²) in [6.45, 7) is 7.65. The number of fused-ring (bicyclic) bond motifs is 1. The molecule has 1 aliphatic rings. The van der Waals surface area contributed by atoms with E-state index in [1.807, 2.05) is 50.4 Å². The maximum Gasteiger partial charge on any atom is 0.338 e. The van der Waals surface area contributed by atoms with Crippen molar-refractivity contribution in [3.63, 3.8) is 0 Å². The molecule has 0 saturated carbocycles. The number of esters is 1. The summed E-state index contributed by atoms with van der Waals surface area (Å²) >= 11 is 1.58. The number of benzene rings is 2. The van der Waals surface area contributed by atoms with Crippen LogP contribution < -0.4 is 9.64 Å². The highest BCUT2D eigenvalue weighted by molar-refractivity contribution is 7.09. The molecule has 2 aromatic carbocycles. The van der Waals surface area contributed by atoms with Gasteiger partial charge < -0.3 is 14.4 Å². The van der Waals surface area contributed by atoms with E-state index in [1.54, 1.807) is 41.4 Å². The molecule has 0 bridgehead atoms. The maximum absolute atomic E-state index is 13.0. The molecule has 31 heavy (non-hydrogen) atoms. The SMILES string of the molecule is Cc1nc(-c2ccc3c(c2)N(Cc2cccc(C(=O)OC(C)C)c2)C(=O)C(C)O3)cs1. The third kappa shape index (κ3) is 4.46. The van der Waals surface area contributed by atoms with Crippen LogP contribution in [0.1, 0.15) is 41.7 Å². The van der Waals surface area contributed by atoms with Crippen LogP contribution in [0.3, 0.4) is 0 Å². The van der Waals surface area contributed by atoms with E-state index in [9.17, 15) is 9.59 Å². The van der Waals surface area contributed by atoms with Crippen LogP contribution >= 0.6 is 11.3 Å². The lowest BCUT2D eigenvalue weighted by molar-refractivity contribution is -0.125. The Kier molecular flexibility index (Phi) is 5.78. The smallest absolute Gasteiger partial charge is 0.338 e. The maximum atomic E-state index is 13.0. The highest BCUT2D eigenvalue weighted by atomic mass is 32.1. The second-order valence-corrected chi connectivity index (χ2v) is 8.84. The Bertz CT molecular complexity index is 1140. The van der Waals surface area contributed by atoms with Gasteiger partial charge in [0.25, 0.3) is 5.91 Å². The molecule has 0 saturated heterocycles. The van der Waals surface area contributed by atoms with E-state index in [-0.39, 0.29) is 18.0 Å². The normalized spacial score (nSPS) is 15.6. The summed E-state index contributed by atoms with van der Waals surface area (Å²) in [5.41, 5.74) is 3.79. The largest absolute Gasteiger partial charge is 0.479 e. The van der Waals surface area contributed by atoms with Crippen molar-refractivity contribution >= 4 is 28.9 Å². The molecule has 1 atom stereocenters. The fourth-order valence-corrected chi connectivity index (χ4v) is 4.11. The number of aryl methyl sites for hydroxylation is 1. The second-order valence-electron chi connectivity index (χ2n) is 7.77. The van der Waals surface area contributed by atoms with E-state index in [4.69, 9.17) is 9.47 Å². The van der Waals surface area contributed by atoms with E-state index in [0.717, 1.165) is 21.8 Å². The summed E-state index contributed by atoms with van der Waals surface area (Å²) in [6.07, 6.45) is -0.786. The van der Waals surface area contributed by atoms with Crippen molar-refractivity contribution in [2.45, 2.75) is 46.4 Å². The van der Waals surface area contributed by atoms with Crippen LogP contribution in [0.5, 0.6) is 5.75 Å². The third-order valence-corrected chi connectivity index (χ3v) is 5.70. The molecule has 4 rings (SSSR count). The first kappa shape index (κ1) is 21.1. The Hall–Kier alpha value is -3.19. The molecule has 1 amide bonds. The Morgan fingerprint density at radius 3 is 2.77 bits per heavy atom. The van der Waals surface area contributed by atoms with E-state index >= 15 is 0 Å². The highest BCUT2D eigenvalue weighted by Gasteiger charge is 2.32. The lowest BCUT2D eigenvalue weighted by atomic mass is 10.1. The second kappa shape index (κ2) is 8.51. The molecule has 3 aromatic rings. The zero-order chi connectivity index (χ0) is 22.1. The molecule has 0 N–H and O–H groups in total. The van der Waals surface area contributed by atoms with Crippen molar-refractivity contribution in [1.29, 1.82) is 0 Å². The molecule has 2 heterocycles. The molecule has 7 heteroatoms. The van der Waals surface area contributed by atoms with Gasteiger partial charge in [-0.2, -0.15) is 0 Å². The number of amides is 1. The molecular weight excluding hydrogens is 412 g/mol. The van der Waals surface area contributed by atoms with Gasteiger partial charge in [0.1, 0.15) is 5.75 Å². The molecule has 160 valence electrons. The number of carbonyl (C=O) groups is 2. The molecule has 0 fully saturated rings. The zero-order valence-electron chi connectivity index (χ0n) is 17.9. The standard InChI is InChI=1S/C24H24N2O4S/c1-14(2)29-24(28)19-7-5-6-17(10-19)12-26-21-11-18(20-13-31-16(4)25-20)8-9-22(21)30-15(3)23(26)27/h5-11,13-15H,12H2,1-4H3. The van der Waals surface area contributed by atoms with E-state index in [0.29, 0.717) is 23.5 Å². The molecule has 1 aliphatic heterocycles. The number of thiazole rings is 1. The van der Waals surface area contributed by atoms with E-state index < -0.39 is 6.10 Å². The fourth-order valence-electron chi connectivity index (χ4n) is 3.49. The summed E-state index contributed by atoms with van der Waals surface area (Å²) in [7, 11) is 0. The minimum absolute atomic E-state index is 0.130. The topological polar surface area (TPSA) is 68.7 Å². The van der Waals surface area contributed by atoms with Crippen molar-refractivity contribution in [3.05, 3.63) is 64.0 Å². The van der Waals surface area contributed by atoms with Crippen molar-refractivity contribution in [2.75, 3.05) is 4.90 Å². The number of nitrogens with zero attached hydrogens (tertiary/aromatic N) is 2. The molecular formula is C24H24N2O4S. The zero-order valence-corrected chi connectivity index (χ0v) is 18.7. The monoisotopic (exact) mass is 436 g/mol. The quantitative estimate of drug-likeness (QED) is 0.527. The van der Waals surface area contributed by atoms with Crippen LogP contribution in [0, 0.1) is 6.92 Å². The van der Waals surface area contributed by atoms with Gasteiger partial charge in [0, 0.05) is 10.9 Å². The lowest BCUT2D eigenvalue weighted by Crippen LogP contribution is -2.44. The Labute approximate surface area is 185 Å². The molecule has 0 radical (unpaired) electrons.